The van der Waals surface area contributed by atoms with Crippen molar-refractivity contribution in [2.75, 3.05) is 0 Å². The summed E-state index contributed by atoms with van der Waals surface area (Å²) >= 11 is 0. The zero-order valence-electron chi connectivity index (χ0n) is 11.8. The Kier molecular flexibility index (Phi) is 3.49. The molecule has 1 aromatic heterocycles. The maximum absolute atomic E-state index is 12.2. The SMILES string of the molecule is CC1(C)CC(NS(=O)(=O)c2cn[nH]c2)CC(C)(C)N1. The first-order valence-corrected chi connectivity index (χ1v) is 7.88. The molecule has 0 saturated carbocycles. The van der Waals surface area contributed by atoms with Gasteiger partial charge in [0.05, 0.1) is 6.20 Å². The molecule has 3 N–H and O–H groups in total. The molecule has 0 amide bonds. The van der Waals surface area contributed by atoms with Gasteiger partial charge in [-0.15, -0.1) is 0 Å². The topological polar surface area (TPSA) is 86.9 Å². The molecule has 1 fully saturated rings. The Hall–Kier alpha value is -0.920. The van der Waals surface area contributed by atoms with Crippen LogP contribution < -0.4 is 10.0 Å². The molecule has 1 saturated heterocycles. The molecule has 0 radical (unpaired) electrons. The van der Waals surface area contributed by atoms with E-state index < -0.39 is 10.0 Å². The van der Waals surface area contributed by atoms with E-state index in [1.54, 1.807) is 0 Å². The van der Waals surface area contributed by atoms with Crippen molar-refractivity contribution in [3.63, 3.8) is 0 Å². The van der Waals surface area contributed by atoms with E-state index in [9.17, 15) is 8.42 Å². The zero-order valence-corrected chi connectivity index (χ0v) is 12.6. The monoisotopic (exact) mass is 286 g/mol. The summed E-state index contributed by atoms with van der Waals surface area (Å²) in [4.78, 5) is 0.182. The molecule has 0 aromatic carbocycles. The third kappa shape index (κ3) is 3.55. The molecule has 7 heteroatoms. The minimum absolute atomic E-state index is 0.0776. The lowest BCUT2D eigenvalue weighted by atomic mass is 9.80. The van der Waals surface area contributed by atoms with Crippen LogP contribution in [-0.4, -0.2) is 35.7 Å². The number of aromatic nitrogens is 2. The van der Waals surface area contributed by atoms with Crippen molar-refractivity contribution < 1.29 is 8.42 Å². The maximum Gasteiger partial charge on any atom is 0.243 e. The summed E-state index contributed by atoms with van der Waals surface area (Å²) in [6.07, 6.45) is 4.22. The van der Waals surface area contributed by atoms with E-state index in [4.69, 9.17) is 0 Å². The fraction of sp³-hybridized carbons (Fsp3) is 0.750. The fourth-order valence-electron chi connectivity index (χ4n) is 3.08. The Balaban J connectivity index is 2.15. The Morgan fingerprint density at radius 3 is 2.32 bits per heavy atom. The molecule has 1 aromatic rings. The summed E-state index contributed by atoms with van der Waals surface area (Å²) in [5, 5.41) is 9.74. The molecule has 1 aliphatic heterocycles. The molecule has 1 aliphatic rings. The molecule has 0 aliphatic carbocycles. The molecule has 2 rings (SSSR count). The van der Waals surface area contributed by atoms with E-state index in [1.807, 2.05) is 0 Å². The highest BCUT2D eigenvalue weighted by Crippen LogP contribution is 2.29. The molecule has 2 heterocycles. The molecule has 6 nitrogen and oxygen atoms in total. The Morgan fingerprint density at radius 2 is 1.84 bits per heavy atom. The van der Waals surface area contributed by atoms with Gasteiger partial charge in [0, 0.05) is 23.3 Å². The average molecular weight is 286 g/mol. The van der Waals surface area contributed by atoms with Crippen LogP contribution in [0.2, 0.25) is 0 Å². The van der Waals surface area contributed by atoms with Gasteiger partial charge in [0.25, 0.3) is 0 Å². The van der Waals surface area contributed by atoms with Gasteiger partial charge in [0.15, 0.2) is 0 Å². The Labute approximate surface area is 114 Å². The van der Waals surface area contributed by atoms with Crippen molar-refractivity contribution in [1.82, 2.24) is 20.2 Å². The van der Waals surface area contributed by atoms with Gasteiger partial charge in [-0.2, -0.15) is 5.10 Å². The predicted octanol–water partition coefficient (Wildman–Crippen LogP) is 0.997. The summed E-state index contributed by atoms with van der Waals surface area (Å²) in [5.41, 5.74) is -0.184. The number of hydrogen-bond acceptors (Lipinski definition) is 4. The van der Waals surface area contributed by atoms with Crippen LogP contribution in [0.4, 0.5) is 0 Å². The van der Waals surface area contributed by atoms with Gasteiger partial charge in [-0.1, -0.05) is 0 Å². The van der Waals surface area contributed by atoms with Crippen LogP contribution in [0.5, 0.6) is 0 Å². The molecule has 0 bridgehead atoms. The van der Waals surface area contributed by atoms with Crippen LogP contribution in [0, 0.1) is 0 Å². The molecule has 108 valence electrons. The first-order valence-electron chi connectivity index (χ1n) is 6.40. The lowest BCUT2D eigenvalue weighted by Gasteiger charge is -2.46. The number of piperidine rings is 1. The minimum Gasteiger partial charge on any atom is -0.307 e. The van der Waals surface area contributed by atoms with Gasteiger partial charge in [-0.05, 0) is 40.5 Å². The number of aromatic amines is 1. The van der Waals surface area contributed by atoms with Crippen LogP contribution in [-0.2, 0) is 10.0 Å². The summed E-state index contributed by atoms with van der Waals surface area (Å²) in [6, 6.07) is -0.0776. The normalized spacial score (nSPS) is 23.4. The van der Waals surface area contributed by atoms with Crippen molar-refractivity contribution in [2.45, 2.75) is 62.6 Å². The van der Waals surface area contributed by atoms with Gasteiger partial charge >= 0.3 is 0 Å². The van der Waals surface area contributed by atoms with E-state index in [0.717, 1.165) is 12.8 Å². The van der Waals surface area contributed by atoms with Gasteiger partial charge in [0.2, 0.25) is 10.0 Å². The first-order chi connectivity index (χ1) is 8.60. The molecule has 0 unspecified atom stereocenters. The summed E-state index contributed by atoms with van der Waals surface area (Å²) in [7, 11) is -3.49. The first kappa shape index (κ1) is 14.5. The largest absolute Gasteiger partial charge is 0.307 e. The second-order valence-corrected chi connectivity index (χ2v) is 8.27. The van der Waals surface area contributed by atoms with Gasteiger partial charge in [-0.25, -0.2) is 13.1 Å². The van der Waals surface area contributed by atoms with Gasteiger partial charge in [-0.3, -0.25) is 5.10 Å². The zero-order chi connectivity index (χ0) is 14.3. The quantitative estimate of drug-likeness (QED) is 0.773. The van der Waals surface area contributed by atoms with E-state index in [0.29, 0.717) is 0 Å². The van der Waals surface area contributed by atoms with Crippen molar-refractivity contribution >= 4 is 10.0 Å². The molecule has 0 spiro atoms. The number of sulfonamides is 1. The molecule has 0 atom stereocenters. The van der Waals surface area contributed by atoms with Gasteiger partial charge < -0.3 is 5.32 Å². The van der Waals surface area contributed by atoms with Gasteiger partial charge in [0.1, 0.15) is 4.90 Å². The molecular weight excluding hydrogens is 264 g/mol. The highest BCUT2D eigenvalue weighted by atomic mass is 32.2. The van der Waals surface area contributed by atoms with Crippen LogP contribution in [0.15, 0.2) is 17.3 Å². The van der Waals surface area contributed by atoms with E-state index in [-0.39, 0.29) is 22.0 Å². The van der Waals surface area contributed by atoms with Crippen molar-refractivity contribution in [1.29, 1.82) is 0 Å². The molecule has 19 heavy (non-hydrogen) atoms. The third-order valence-electron chi connectivity index (χ3n) is 3.30. The fourth-order valence-corrected chi connectivity index (χ4v) is 4.22. The lowest BCUT2D eigenvalue weighted by molar-refractivity contribution is 0.157. The van der Waals surface area contributed by atoms with Crippen molar-refractivity contribution in [3.05, 3.63) is 12.4 Å². The summed E-state index contributed by atoms with van der Waals surface area (Å²) < 4.78 is 27.2. The lowest BCUT2D eigenvalue weighted by Crippen LogP contribution is -2.62. The van der Waals surface area contributed by atoms with Crippen LogP contribution in [0.25, 0.3) is 0 Å². The van der Waals surface area contributed by atoms with Crippen LogP contribution >= 0.6 is 0 Å². The number of H-pyrrole nitrogens is 1. The van der Waals surface area contributed by atoms with Crippen LogP contribution in [0.3, 0.4) is 0 Å². The molecular formula is C12H22N4O2S. The van der Waals surface area contributed by atoms with Crippen LogP contribution in [0.1, 0.15) is 40.5 Å². The second-order valence-electron chi connectivity index (χ2n) is 6.55. The number of nitrogens with one attached hydrogen (secondary N) is 3. The maximum atomic E-state index is 12.2. The number of rotatable bonds is 3. The van der Waals surface area contributed by atoms with E-state index in [1.165, 1.54) is 12.4 Å². The Morgan fingerprint density at radius 1 is 1.26 bits per heavy atom. The predicted molar refractivity (Wildman–Crippen MR) is 73.2 cm³/mol. The second kappa shape index (κ2) is 4.57. The minimum atomic E-state index is -3.49. The standard InChI is InChI=1S/C12H22N4O2S/c1-11(2)5-9(6-12(3,4)16-11)15-19(17,18)10-7-13-14-8-10/h7-9,15-16H,5-6H2,1-4H3,(H,13,14). The van der Waals surface area contributed by atoms with E-state index in [2.05, 4.69) is 47.9 Å². The van der Waals surface area contributed by atoms with Crippen molar-refractivity contribution in [3.8, 4) is 0 Å². The Bertz CT molecular complexity index is 518. The summed E-state index contributed by atoms with van der Waals surface area (Å²) in [6.45, 7) is 8.36. The van der Waals surface area contributed by atoms with E-state index >= 15 is 0 Å². The summed E-state index contributed by atoms with van der Waals surface area (Å²) in [5.74, 6) is 0. The average Bonchev–Trinajstić information content (AvgIpc) is 2.62. The highest BCUT2D eigenvalue weighted by molar-refractivity contribution is 7.89. The highest BCUT2D eigenvalue weighted by Gasteiger charge is 2.39. The third-order valence-corrected chi connectivity index (χ3v) is 4.78. The number of nitrogens with zero attached hydrogens (tertiary/aromatic N) is 1. The van der Waals surface area contributed by atoms with Crippen molar-refractivity contribution in [2.24, 2.45) is 0 Å². The smallest absolute Gasteiger partial charge is 0.243 e. The number of hydrogen-bond donors (Lipinski definition) is 3.